The monoisotopic (exact) mass is 316 g/mol. The molecule has 2 radical (unpaired) electrons. The normalized spacial score (nSPS) is 30.9. The molecule has 1 saturated heterocycles. The molecular weight excluding hydrogens is 295 g/mol. The Hall–Kier alpha value is -0.640. The average Bonchev–Trinajstić information content (AvgIpc) is 2.73. The second-order valence-electron chi connectivity index (χ2n) is 4.27. The molecule has 0 amide bonds. The first-order valence-corrected chi connectivity index (χ1v) is 7.88. The van der Waals surface area contributed by atoms with Crippen molar-refractivity contribution >= 4 is 30.2 Å². The Morgan fingerprint density at radius 2 is 2.48 bits per heavy atom. The first-order valence-electron chi connectivity index (χ1n) is 7.41. The van der Waals surface area contributed by atoms with Crippen LogP contribution >= 0.6 is 8.38 Å². The Kier molecular flexibility index (Phi) is 6.83. The summed E-state index contributed by atoms with van der Waals surface area (Å²) < 4.78 is 41.0. The van der Waals surface area contributed by atoms with Crippen LogP contribution in [0.15, 0.2) is 0 Å². The van der Waals surface area contributed by atoms with Crippen molar-refractivity contribution in [2.45, 2.75) is 31.2 Å². The van der Waals surface area contributed by atoms with E-state index in [1.165, 1.54) is 6.92 Å². The van der Waals surface area contributed by atoms with Gasteiger partial charge < -0.3 is 28.0 Å². The minimum atomic E-state index is -1.56. The van der Waals surface area contributed by atoms with E-state index < -0.39 is 46.6 Å². The molecule has 0 aliphatic carbocycles. The van der Waals surface area contributed by atoms with Crippen LogP contribution in [0.1, 0.15) is 6.92 Å². The molecule has 0 spiro atoms. The van der Waals surface area contributed by atoms with E-state index >= 15 is 0 Å². The molecule has 1 heterocycles. The number of carbonyl (C=O) groups excluding carboxylic acids is 1. The molecule has 10 heteroatoms. The highest BCUT2D eigenvalue weighted by Gasteiger charge is 2.44. The fraction of sp³-hybridized carbons (Fsp3) is 0.818. The zero-order valence-electron chi connectivity index (χ0n) is 13.9. The van der Waals surface area contributed by atoms with Crippen LogP contribution in [0.5, 0.6) is 0 Å². The average molecular weight is 316 g/mol. The van der Waals surface area contributed by atoms with E-state index in [4.69, 9.17) is 40.3 Å². The minimum Gasteiger partial charge on any atom is -0.463 e. The summed E-state index contributed by atoms with van der Waals surface area (Å²) in [7, 11) is 2.90. The summed E-state index contributed by atoms with van der Waals surface area (Å²) >= 11 is 0. The van der Waals surface area contributed by atoms with Gasteiger partial charge in [0.25, 0.3) is 7.98 Å². The maximum absolute atomic E-state index is 11.0. The van der Waals surface area contributed by atoms with Gasteiger partial charge in [0.1, 0.15) is 33.3 Å². The van der Waals surface area contributed by atoms with Gasteiger partial charge in [-0.25, -0.2) is 6.57 Å². The second-order valence-corrected chi connectivity index (χ2v) is 5.62. The Bertz CT molecular complexity index is 430. The SMILES string of the molecule is [2H]B([3H])O[C@H]1C(OP(C)OCC[N+]#[C-])[C@@H](COC(C)=O)O[C@H]1[B]. The van der Waals surface area contributed by atoms with Gasteiger partial charge in [-0.1, -0.05) is 0 Å². The van der Waals surface area contributed by atoms with Gasteiger partial charge in [0.2, 0.25) is 6.54 Å². The molecule has 0 bridgehead atoms. The van der Waals surface area contributed by atoms with E-state index in [-0.39, 0.29) is 19.8 Å². The molecule has 1 aliphatic heterocycles. The lowest BCUT2D eigenvalue weighted by Crippen LogP contribution is -2.38. The van der Waals surface area contributed by atoms with Crippen LogP contribution in [-0.4, -0.2) is 75.2 Å². The molecular formula is C11H18B2NO6P. The van der Waals surface area contributed by atoms with E-state index in [2.05, 4.69) is 4.85 Å². The zero-order chi connectivity index (χ0) is 17.4. The van der Waals surface area contributed by atoms with Crippen LogP contribution in [0.25, 0.3) is 4.85 Å². The third-order valence-corrected chi connectivity index (χ3v) is 3.79. The minimum absolute atomic E-state index is 0.0839. The molecule has 5 atom stereocenters. The lowest BCUT2D eigenvalue weighted by atomic mass is 9.92. The van der Waals surface area contributed by atoms with E-state index in [0.717, 1.165) is 0 Å². The molecule has 0 aromatic heterocycles. The van der Waals surface area contributed by atoms with Crippen molar-refractivity contribution in [2.75, 3.05) is 26.4 Å². The first kappa shape index (κ1) is 15.3. The maximum Gasteiger partial charge on any atom is 0.302 e. The van der Waals surface area contributed by atoms with Crippen molar-refractivity contribution in [3.8, 4) is 0 Å². The molecule has 7 nitrogen and oxygen atoms in total. The lowest BCUT2D eigenvalue weighted by Gasteiger charge is -2.25. The predicted octanol–water partition coefficient (Wildman–Crippen LogP) is -0.361. The van der Waals surface area contributed by atoms with Gasteiger partial charge in [0, 0.05) is 22.3 Å². The third kappa shape index (κ3) is 5.93. The van der Waals surface area contributed by atoms with Gasteiger partial charge in [0.15, 0.2) is 8.38 Å². The summed E-state index contributed by atoms with van der Waals surface area (Å²) in [5, 5.41) is 0. The van der Waals surface area contributed by atoms with Crippen molar-refractivity contribution in [2.24, 2.45) is 0 Å². The summed E-state index contributed by atoms with van der Waals surface area (Å²) in [4.78, 5) is 14.1. The van der Waals surface area contributed by atoms with E-state index in [9.17, 15) is 4.79 Å². The fourth-order valence-corrected chi connectivity index (χ4v) is 2.79. The van der Waals surface area contributed by atoms with E-state index in [0.29, 0.717) is 0 Å². The standard InChI is InChI=1S/C11H18B2NO6P/c1-7(15)16-6-8-9(10(19-13)11(12)18-8)20-21(3)17-5-4-14-2/h8-11H,4-6,13H2,1,3H3/t8-,9?,10+,11-,21?/m1/s1/i13TD. The van der Waals surface area contributed by atoms with Crippen molar-refractivity contribution in [3.05, 3.63) is 11.4 Å². The summed E-state index contributed by atoms with van der Waals surface area (Å²) in [6, 6.07) is -0.912. The Labute approximate surface area is 130 Å². The molecule has 0 N–H and O–H groups in total. The van der Waals surface area contributed by atoms with Gasteiger partial charge in [-0.05, 0) is 0 Å². The molecule has 2 unspecified atom stereocenters. The Balaban J connectivity index is 2.69. The molecule has 1 aliphatic rings. The van der Waals surface area contributed by atoms with Gasteiger partial charge >= 0.3 is 5.97 Å². The number of rotatable bonds is 9. The molecule has 0 aromatic rings. The molecule has 0 aromatic carbocycles. The highest BCUT2D eigenvalue weighted by atomic mass is 31.2. The van der Waals surface area contributed by atoms with E-state index in [1.54, 1.807) is 6.66 Å². The zero-order valence-corrected chi connectivity index (χ0v) is 12.8. The van der Waals surface area contributed by atoms with Gasteiger partial charge in [0.05, 0.1) is 6.10 Å². The predicted molar refractivity (Wildman–Crippen MR) is 79.6 cm³/mol. The summed E-state index contributed by atoms with van der Waals surface area (Å²) in [6.45, 7) is 10.0. The van der Waals surface area contributed by atoms with Crippen molar-refractivity contribution < 1.29 is 28.0 Å². The smallest absolute Gasteiger partial charge is 0.302 e. The highest BCUT2D eigenvalue weighted by molar-refractivity contribution is 7.46. The molecule has 1 fully saturated rings. The maximum atomic E-state index is 11.0. The van der Waals surface area contributed by atoms with Crippen LogP contribution in [-0.2, 0) is 28.0 Å². The van der Waals surface area contributed by atoms with Crippen LogP contribution in [0, 0.1) is 6.57 Å². The molecule has 0 saturated carbocycles. The van der Waals surface area contributed by atoms with Gasteiger partial charge in [-0.3, -0.25) is 4.79 Å². The summed E-state index contributed by atoms with van der Waals surface area (Å²) in [5.74, 6) is -0.476. The second kappa shape index (κ2) is 9.39. The fourth-order valence-electron chi connectivity index (χ4n) is 1.79. The highest BCUT2D eigenvalue weighted by Crippen LogP contribution is 2.40. The van der Waals surface area contributed by atoms with Gasteiger partial charge in [-0.2, -0.15) is 0 Å². The number of ether oxygens (including phenoxy) is 2. The topological polar surface area (TPSA) is 67.6 Å². The Morgan fingerprint density at radius 3 is 3.10 bits per heavy atom. The summed E-state index contributed by atoms with van der Waals surface area (Å²) in [5.41, 5.74) is 0. The lowest BCUT2D eigenvalue weighted by molar-refractivity contribution is -0.145. The molecule has 114 valence electrons. The van der Waals surface area contributed by atoms with Crippen molar-refractivity contribution in [1.29, 1.82) is 2.67 Å². The number of carbonyl (C=O) groups is 1. The van der Waals surface area contributed by atoms with Crippen molar-refractivity contribution in [1.82, 2.24) is 0 Å². The Morgan fingerprint density at radius 1 is 1.71 bits per heavy atom. The number of hydrogen-bond donors (Lipinski definition) is 0. The number of esters is 1. The van der Waals surface area contributed by atoms with E-state index in [1.807, 2.05) is 0 Å². The van der Waals surface area contributed by atoms with Crippen LogP contribution in [0.2, 0.25) is 0 Å². The number of nitrogens with zero attached hydrogens (tertiary/aromatic N) is 1. The summed E-state index contributed by atoms with van der Waals surface area (Å²) in [6.07, 6.45) is -2.29. The molecule has 1 rings (SSSR count). The third-order valence-electron chi connectivity index (χ3n) is 2.70. The van der Waals surface area contributed by atoms with Crippen LogP contribution < -0.4 is 0 Å². The number of hydrogen-bond acceptors (Lipinski definition) is 6. The largest absolute Gasteiger partial charge is 0.463 e. The quantitative estimate of drug-likeness (QED) is 0.190. The molecule has 21 heavy (non-hydrogen) atoms. The van der Waals surface area contributed by atoms with Crippen LogP contribution in [0.4, 0.5) is 0 Å². The van der Waals surface area contributed by atoms with Gasteiger partial charge in [-0.15, -0.1) is 0 Å². The first-order chi connectivity index (χ1) is 10.8. The van der Waals surface area contributed by atoms with Crippen LogP contribution in [0.3, 0.4) is 0 Å². The van der Waals surface area contributed by atoms with Crippen molar-refractivity contribution in [3.63, 3.8) is 0 Å².